The number of hydrogen-bond acceptors (Lipinski definition) is 2. The summed E-state index contributed by atoms with van der Waals surface area (Å²) < 4.78 is 34.4. The first-order valence-electron chi connectivity index (χ1n) is 6.08. The molecule has 0 radical (unpaired) electrons. The predicted octanol–water partition coefficient (Wildman–Crippen LogP) is 4.17. The predicted molar refractivity (Wildman–Crippen MR) is 77.7 cm³/mol. The van der Waals surface area contributed by atoms with Crippen LogP contribution in [-0.2, 0) is 10.2 Å². The van der Waals surface area contributed by atoms with E-state index in [1.54, 1.807) is 12.1 Å². The third kappa shape index (κ3) is 2.42. The lowest BCUT2D eigenvalue weighted by Crippen LogP contribution is -1.91. The van der Waals surface area contributed by atoms with Crippen LogP contribution in [0.4, 0.5) is 3.89 Å². The van der Waals surface area contributed by atoms with Crippen LogP contribution >= 0.6 is 0 Å². The van der Waals surface area contributed by atoms with E-state index in [-0.39, 0.29) is 4.90 Å². The SMILES string of the molecule is O=S(=O)(F)c1ccc(-c2ccc3ccccc3c2)cc1. The normalized spacial score (nSPS) is 11.7. The molecule has 0 aliphatic rings. The quantitative estimate of drug-likeness (QED) is 0.663. The van der Waals surface area contributed by atoms with Crippen LogP contribution in [0.2, 0.25) is 0 Å². The molecule has 100 valence electrons. The Labute approximate surface area is 116 Å². The Morgan fingerprint density at radius 2 is 1.30 bits per heavy atom. The van der Waals surface area contributed by atoms with Gasteiger partial charge in [-0.25, -0.2) is 0 Å². The van der Waals surface area contributed by atoms with Crippen molar-refractivity contribution in [2.24, 2.45) is 0 Å². The molecule has 0 aliphatic carbocycles. The van der Waals surface area contributed by atoms with Gasteiger partial charge in [0.05, 0.1) is 4.90 Å². The van der Waals surface area contributed by atoms with Crippen LogP contribution in [0.25, 0.3) is 21.9 Å². The zero-order chi connectivity index (χ0) is 14.2. The largest absolute Gasteiger partial charge is 0.332 e. The van der Waals surface area contributed by atoms with Gasteiger partial charge < -0.3 is 0 Å². The van der Waals surface area contributed by atoms with Crippen molar-refractivity contribution < 1.29 is 12.3 Å². The summed E-state index contributed by atoms with van der Waals surface area (Å²) in [7, 11) is -4.64. The molecule has 0 N–H and O–H groups in total. The van der Waals surface area contributed by atoms with E-state index in [0.29, 0.717) is 0 Å². The van der Waals surface area contributed by atoms with E-state index in [2.05, 4.69) is 0 Å². The Bertz CT molecular complexity index is 868. The molecule has 0 spiro atoms. The maximum Gasteiger partial charge on any atom is 0.332 e. The zero-order valence-electron chi connectivity index (χ0n) is 10.5. The Morgan fingerprint density at radius 1 is 0.700 bits per heavy atom. The van der Waals surface area contributed by atoms with Gasteiger partial charge in [0.2, 0.25) is 0 Å². The number of hydrogen-bond donors (Lipinski definition) is 0. The average molecular weight is 286 g/mol. The minimum absolute atomic E-state index is 0.318. The molecule has 3 rings (SSSR count). The first kappa shape index (κ1) is 12.8. The van der Waals surface area contributed by atoms with Crippen molar-refractivity contribution in [3.63, 3.8) is 0 Å². The van der Waals surface area contributed by atoms with Gasteiger partial charge in [-0.1, -0.05) is 48.5 Å². The van der Waals surface area contributed by atoms with Crippen LogP contribution in [-0.4, -0.2) is 8.42 Å². The van der Waals surface area contributed by atoms with Crippen molar-refractivity contribution >= 4 is 21.0 Å². The molecular formula is C16H11FO2S. The number of halogens is 1. The van der Waals surface area contributed by atoms with Gasteiger partial charge in [-0.3, -0.25) is 0 Å². The third-order valence-corrected chi connectivity index (χ3v) is 4.05. The van der Waals surface area contributed by atoms with Gasteiger partial charge in [0.25, 0.3) is 0 Å². The van der Waals surface area contributed by atoms with Crippen LogP contribution in [0.3, 0.4) is 0 Å². The molecule has 0 saturated carbocycles. The fraction of sp³-hybridized carbons (Fsp3) is 0. The van der Waals surface area contributed by atoms with E-state index >= 15 is 0 Å². The summed E-state index contributed by atoms with van der Waals surface area (Å²) in [5.74, 6) is 0. The molecule has 0 amide bonds. The Kier molecular flexibility index (Phi) is 3.03. The van der Waals surface area contributed by atoms with Crippen molar-refractivity contribution in [1.29, 1.82) is 0 Å². The lowest BCUT2D eigenvalue weighted by molar-refractivity contribution is 0.552. The molecule has 2 nitrogen and oxygen atoms in total. The van der Waals surface area contributed by atoms with Gasteiger partial charge in [-0.15, -0.1) is 3.89 Å². The van der Waals surface area contributed by atoms with Crippen LogP contribution in [0.15, 0.2) is 71.6 Å². The summed E-state index contributed by atoms with van der Waals surface area (Å²) in [6, 6.07) is 19.7. The molecule has 0 aromatic heterocycles. The second-order valence-corrected chi connectivity index (χ2v) is 5.87. The topological polar surface area (TPSA) is 34.1 Å². The second kappa shape index (κ2) is 4.72. The van der Waals surface area contributed by atoms with Crippen LogP contribution < -0.4 is 0 Å². The number of benzene rings is 3. The van der Waals surface area contributed by atoms with Gasteiger partial charge in [0.1, 0.15) is 0 Å². The molecule has 0 fully saturated rings. The van der Waals surface area contributed by atoms with Gasteiger partial charge in [0, 0.05) is 0 Å². The maximum atomic E-state index is 12.8. The van der Waals surface area contributed by atoms with Crippen molar-refractivity contribution in [2.45, 2.75) is 4.90 Å². The smallest absolute Gasteiger partial charge is 0.189 e. The van der Waals surface area contributed by atoms with E-state index in [1.807, 2.05) is 42.5 Å². The van der Waals surface area contributed by atoms with Gasteiger partial charge >= 0.3 is 10.2 Å². The summed E-state index contributed by atoms with van der Waals surface area (Å²) in [4.78, 5) is -0.318. The first-order valence-corrected chi connectivity index (χ1v) is 7.46. The van der Waals surface area contributed by atoms with Crippen LogP contribution in [0, 0.1) is 0 Å². The molecule has 20 heavy (non-hydrogen) atoms. The van der Waals surface area contributed by atoms with Gasteiger partial charge in [0.15, 0.2) is 0 Å². The molecule has 3 aromatic carbocycles. The van der Waals surface area contributed by atoms with Crippen molar-refractivity contribution in [3.8, 4) is 11.1 Å². The van der Waals surface area contributed by atoms with Crippen molar-refractivity contribution in [2.75, 3.05) is 0 Å². The van der Waals surface area contributed by atoms with E-state index in [4.69, 9.17) is 0 Å². The molecule has 0 bridgehead atoms. The summed E-state index contributed by atoms with van der Waals surface area (Å²) in [5, 5.41) is 2.24. The van der Waals surface area contributed by atoms with E-state index in [9.17, 15) is 12.3 Å². The highest BCUT2D eigenvalue weighted by Gasteiger charge is 2.11. The minimum Gasteiger partial charge on any atom is -0.189 e. The van der Waals surface area contributed by atoms with E-state index < -0.39 is 10.2 Å². The molecule has 0 heterocycles. The maximum absolute atomic E-state index is 12.8. The summed E-state index contributed by atoms with van der Waals surface area (Å²) in [5.41, 5.74) is 1.81. The van der Waals surface area contributed by atoms with Crippen LogP contribution in [0.5, 0.6) is 0 Å². The lowest BCUT2D eigenvalue weighted by atomic mass is 10.0. The molecule has 0 saturated heterocycles. The Morgan fingerprint density at radius 3 is 1.95 bits per heavy atom. The summed E-state index contributed by atoms with van der Waals surface area (Å²) in [6.07, 6.45) is 0. The summed E-state index contributed by atoms with van der Waals surface area (Å²) in [6.45, 7) is 0. The molecule has 4 heteroatoms. The number of rotatable bonds is 2. The molecule has 0 unspecified atom stereocenters. The van der Waals surface area contributed by atoms with E-state index in [1.165, 1.54) is 12.1 Å². The molecule has 0 atom stereocenters. The lowest BCUT2D eigenvalue weighted by Gasteiger charge is -2.04. The molecular weight excluding hydrogens is 275 g/mol. The standard InChI is InChI=1S/C16H11FO2S/c17-20(18,19)16-9-7-13(8-10-16)15-6-5-12-3-1-2-4-14(12)11-15/h1-11H. The second-order valence-electron chi connectivity index (χ2n) is 4.52. The molecule has 3 aromatic rings. The van der Waals surface area contributed by atoms with Crippen LogP contribution in [0.1, 0.15) is 0 Å². The Balaban J connectivity index is 2.07. The minimum atomic E-state index is -4.64. The third-order valence-electron chi connectivity index (χ3n) is 3.22. The highest BCUT2D eigenvalue weighted by atomic mass is 32.3. The highest BCUT2D eigenvalue weighted by molar-refractivity contribution is 7.86. The monoisotopic (exact) mass is 286 g/mol. The van der Waals surface area contributed by atoms with Crippen molar-refractivity contribution in [1.82, 2.24) is 0 Å². The molecule has 0 aliphatic heterocycles. The zero-order valence-corrected chi connectivity index (χ0v) is 11.3. The van der Waals surface area contributed by atoms with Crippen molar-refractivity contribution in [3.05, 3.63) is 66.7 Å². The van der Waals surface area contributed by atoms with E-state index in [0.717, 1.165) is 21.9 Å². The fourth-order valence-corrected chi connectivity index (χ4v) is 2.64. The van der Waals surface area contributed by atoms with Gasteiger partial charge in [-0.05, 0) is 40.1 Å². The average Bonchev–Trinajstić information content (AvgIpc) is 2.46. The fourth-order valence-electron chi connectivity index (χ4n) is 2.18. The number of fused-ring (bicyclic) bond motifs is 1. The first-order chi connectivity index (χ1) is 9.54. The van der Waals surface area contributed by atoms with Gasteiger partial charge in [-0.2, -0.15) is 8.42 Å². The Hall–Kier alpha value is -2.20. The highest BCUT2D eigenvalue weighted by Crippen LogP contribution is 2.25. The summed E-state index contributed by atoms with van der Waals surface area (Å²) >= 11 is 0.